The fourth-order valence-corrected chi connectivity index (χ4v) is 17.3. The molecule has 0 fully saturated rings. The van der Waals surface area contributed by atoms with E-state index >= 15 is 0 Å². The lowest BCUT2D eigenvalue weighted by atomic mass is 9.80. The molecule has 0 aliphatic carbocycles. The summed E-state index contributed by atoms with van der Waals surface area (Å²) in [5, 5.41) is 23.9. The van der Waals surface area contributed by atoms with E-state index in [1.54, 1.807) is 12.1 Å². The molecule has 540 valence electrons. The van der Waals surface area contributed by atoms with Crippen molar-refractivity contribution in [3.05, 3.63) is 406 Å². The van der Waals surface area contributed by atoms with Crippen LogP contribution in [0.2, 0.25) is 5.28 Å². The molecular formula is C102H68BClN6O2S2. The van der Waals surface area contributed by atoms with Gasteiger partial charge in [0, 0.05) is 68.2 Å². The van der Waals surface area contributed by atoms with Crippen LogP contribution < -0.4 is 5.46 Å². The molecule has 0 unspecified atom stereocenters. The number of thiophene rings is 2. The zero-order valence-corrected chi connectivity index (χ0v) is 63.8. The van der Waals surface area contributed by atoms with Gasteiger partial charge in [0.25, 0.3) is 0 Å². The minimum absolute atomic E-state index is 0.174. The third-order valence-corrected chi connectivity index (χ3v) is 23.0. The SMILES string of the molecule is Clc1nc(-c2cccc(-c3ccccc3)c2)nc(-c2ccccc2-c2ccccc2)n1.OB(O)c1ccc(-c2ccc(-c3cccc4c3sc3ccccc34)cc2)cc1.c1ccc(-c2cccc(-c3nc(-c4ccc(-c5ccc(-c6cccc7c6sc6ccccc67)cc5)cc4)nc(-c4ccccc4-c4ccccc4)n3)c2)cc1. The molecule has 0 saturated carbocycles. The van der Waals surface area contributed by atoms with Crippen molar-refractivity contribution in [3.8, 4) is 146 Å². The van der Waals surface area contributed by atoms with Gasteiger partial charge in [-0.25, -0.2) is 19.9 Å². The van der Waals surface area contributed by atoms with E-state index in [-0.39, 0.29) is 5.28 Å². The normalized spacial score (nSPS) is 11.1. The van der Waals surface area contributed by atoms with Crippen molar-refractivity contribution in [3.63, 3.8) is 0 Å². The molecule has 0 bridgehead atoms. The van der Waals surface area contributed by atoms with Gasteiger partial charge < -0.3 is 10.0 Å². The van der Waals surface area contributed by atoms with Gasteiger partial charge in [-0.15, -0.1) is 22.7 Å². The molecule has 0 spiro atoms. The summed E-state index contributed by atoms with van der Waals surface area (Å²) < 4.78 is 5.28. The van der Waals surface area contributed by atoms with Gasteiger partial charge in [-0.2, -0.15) is 9.97 Å². The molecule has 0 aliphatic rings. The van der Waals surface area contributed by atoms with Crippen LogP contribution in [0.3, 0.4) is 0 Å². The number of fused-ring (bicyclic) bond motifs is 6. The van der Waals surface area contributed by atoms with Gasteiger partial charge in [0.15, 0.2) is 29.1 Å². The molecule has 114 heavy (non-hydrogen) atoms. The summed E-state index contributed by atoms with van der Waals surface area (Å²) in [6, 6.07) is 138. The Balaban J connectivity index is 0.000000130. The zero-order chi connectivity index (χ0) is 76.7. The van der Waals surface area contributed by atoms with Crippen LogP contribution in [0.1, 0.15) is 0 Å². The van der Waals surface area contributed by atoms with Crippen LogP contribution in [-0.2, 0) is 0 Å². The highest BCUT2D eigenvalue weighted by molar-refractivity contribution is 7.26. The minimum Gasteiger partial charge on any atom is -0.423 e. The number of halogens is 1. The fourth-order valence-electron chi connectivity index (χ4n) is 14.7. The molecule has 2 N–H and O–H groups in total. The van der Waals surface area contributed by atoms with Gasteiger partial charge in [-0.05, 0) is 130 Å². The number of hydrogen-bond acceptors (Lipinski definition) is 10. The Morgan fingerprint density at radius 3 is 0.895 bits per heavy atom. The van der Waals surface area contributed by atoms with Crippen molar-refractivity contribution < 1.29 is 10.0 Å². The summed E-state index contributed by atoms with van der Waals surface area (Å²) in [4.78, 5) is 29.0. The molecule has 0 aliphatic heterocycles. The first-order chi connectivity index (χ1) is 56.2. The lowest BCUT2D eigenvalue weighted by Crippen LogP contribution is -2.29. The van der Waals surface area contributed by atoms with E-state index < -0.39 is 7.12 Å². The third-order valence-electron chi connectivity index (χ3n) is 20.4. The molecule has 16 aromatic carbocycles. The van der Waals surface area contributed by atoms with Crippen molar-refractivity contribution >= 4 is 87.2 Å². The predicted octanol–water partition coefficient (Wildman–Crippen LogP) is 26.2. The fraction of sp³-hybridized carbons (Fsp3) is 0. The standard InChI is InChI=1S/C51H33N3S.C27H18ClN3.C24H17BO2S/c1-3-13-34(14-4-1)40-17-11-18-41(33-40)50-52-49(53-51(54-50)46-21-8-7-19-42(46)37-15-5-2-6-16-37)39-31-27-36(28-32-39)35-25-29-38(30-26-35)43-22-12-23-45-44-20-9-10-24-47(44)55-48(43)45;28-27-30-25(22-15-9-14-21(18-22)19-10-3-1-4-11-19)29-26(31-27)24-17-8-7-16-23(24)20-12-5-2-6-13-20;26-25(27)19-14-12-17(13-15-19)16-8-10-18(11-9-16)20-5-3-6-22-21-4-1-2-7-23(21)28-24(20)22/h1-33H;1-18H;1-15,26-27H. The first-order valence-corrected chi connectivity index (χ1v) is 39.6. The van der Waals surface area contributed by atoms with Crippen LogP contribution in [-0.4, -0.2) is 47.1 Å². The van der Waals surface area contributed by atoms with Gasteiger partial charge >= 0.3 is 7.12 Å². The van der Waals surface area contributed by atoms with Crippen molar-refractivity contribution in [1.29, 1.82) is 0 Å². The Bertz CT molecular complexity index is 6810. The van der Waals surface area contributed by atoms with E-state index in [4.69, 9.17) is 31.5 Å². The van der Waals surface area contributed by atoms with Crippen LogP contribution in [0.25, 0.3) is 186 Å². The van der Waals surface area contributed by atoms with Gasteiger partial charge in [-0.3, -0.25) is 0 Å². The Morgan fingerprint density at radius 1 is 0.202 bits per heavy atom. The van der Waals surface area contributed by atoms with E-state index in [1.807, 2.05) is 120 Å². The number of hydrogen-bond donors (Lipinski definition) is 2. The quantitative estimate of drug-likeness (QED) is 0.103. The van der Waals surface area contributed by atoms with Gasteiger partial charge in [0.2, 0.25) is 5.28 Å². The van der Waals surface area contributed by atoms with E-state index in [0.29, 0.717) is 34.6 Å². The van der Waals surface area contributed by atoms with Gasteiger partial charge in [0.1, 0.15) is 0 Å². The maximum Gasteiger partial charge on any atom is 0.488 e. The highest BCUT2D eigenvalue weighted by atomic mass is 35.5. The minimum atomic E-state index is -1.43. The number of nitrogens with zero attached hydrogens (tertiary/aromatic N) is 6. The molecule has 20 rings (SSSR count). The Morgan fingerprint density at radius 2 is 0.465 bits per heavy atom. The highest BCUT2D eigenvalue weighted by Crippen LogP contribution is 2.43. The van der Waals surface area contributed by atoms with Crippen LogP contribution in [0.5, 0.6) is 0 Å². The Hall–Kier alpha value is -13.7. The second kappa shape index (κ2) is 32.7. The molecule has 0 saturated heterocycles. The molecule has 0 atom stereocenters. The summed E-state index contributed by atoms with van der Waals surface area (Å²) in [6.07, 6.45) is 0. The largest absolute Gasteiger partial charge is 0.488 e. The maximum atomic E-state index is 9.24. The summed E-state index contributed by atoms with van der Waals surface area (Å²) in [5.41, 5.74) is 23.3. The van der Waals surface area contributed by atoms with Gasteiger partial charge in [-0.1, -0.05) is 376 Å². The van der Waals surface area contributed by atoms with E-state index in [0.717, 1.165) is 94.6 Å². The Kier molecular flexibility index (Phi) is 20.6. The molecule has 20 aromatic rings. The average Bonchev–Trinajstić information content (AvgIpc) is 1.55. The monoisotopic (exact) mass is 1520 g/mol. The lowest BCUT2D eigenvalue weighted by molar-refractivity contribution is 0.426. The number of benzene rings is 16. The third kappa shape index (κ3) is 15.3. The van der Waals surface area contributed by atoms with Crippen molar-refractivity contribution in [2.24, 2.45) is 0 Å². The summed E-state index contributed by atoms with van der Waals surface area (Å²) in [5.74, 6) is 3.01. The van der Waals surface area contributed by atoms with Crippen LogP contribution in [0, 0.1) is 0 Å². The summed E-state index contributed by atoms with van der Waals surface area (Å²) in [7, 11) is -1.43. The zero-order valence-electron chi connectivity index (χ0n) is 61.5. The van der Waals surface area contributed by atoms with Crippen molar-refractivity contribution in [1.82, 2.24) is 29.9 Å². The van der Waals surface area contributed by atoms with Crippen LogP contribution >= 0.6 is 34.3 Å². The van der Waals surface area contributed by atoms with Gasteiger partial charge in [0.05, 0.1) is 0 Å². The summed E-state index contributed by atoms with van der Waals surface area (Å²) >= 11 is 10.0. The first kappa shape index (κ1) is 71.8. The highest BCUT2D eigenvalue weighted by Gasteiger charge is 2.20. The lowest BCUT2D eigenvalue weighted by Gasteiger charge is -2.13. The van der Waals surface area contributed by atoms with Crippen molar-refractivity contribution in [2.45, 2.75) is 0 Å². The topological polar surface area (TPSA) is 118 Å². The first-order valence-electron chi connectivity index (χ1n) is 37.6. The predicted molar refractivity (Wildman–Crippen MR) is 477 cm³/mol. The molecule has 0 radical (unpaired) electrons. The maximum absolute atomic E-state index is 9.24. The second-order valence-electron chi connectivity index (χ2n) is 27.6. The number of aromatic nitrogens is 6. The second-order valence-corrected chi connectivity index (χ2v) is 30.0. The van der Waals surface area contributed by atoms with Crippen LogP contribution in [0.4, 0.5) is 0 Å². The molecule has 4 aromatic heterocycles. The molecule has 8 nitrogen and oxygen atoms in total. The van der Waals surface area contributed by atoms with E-state index in [1.165, 1.54) is 62.6 Å². The van der Waals surface area contributed by atoms with Crippen molar-refractivity contribution in [2.75, 3.05) is 0 Å². The average molecular weight is 1520 g/mol. The smallest absolute Gasteiger partial charge is 0.423 e. The van der Waals surface area contributed by atoms with E-state index in [2.05, 4.69) is 301 Å². The van der Waals surface area contributed by atoms with E-state index in [9.17, 15) is 10.0 Å². The molecule has 0 amide bonds. The Labute approximate surface area is 673 Å². The molecule has 4 heterocycles. The number of rotatable bonds is 14. The molecular weight excluding hydrogens is 1450 g/mol. The summed E-state index contributed by atoms with van der Waals surface area (Å²) in [6.45, 7) is 0. The van der Waals surface area contributed by atoms with Crippen LogP contribution in [0.15, 0.2) is 400 Å². The molecule has 12 heteroatoms.